The van der Waals surface area contributed by atoms with Crippen LogP contribution >= 0.6 is 0 Å². The monoisotopic (exact) mass is 404 g/mol. The molecule has 160 valence electrons. The lowest BCUT2D eigenvalue weighted by Crippen LogP contribution is -2.42. The smallest absolute Gasteiger partial charge is 0.410 e. The molecule has 1 amide bonds. The highest BCUT2D eigenvalue weighted by atomic mass is 19.1. The van der Waals surface area contributed by atoms with Crippen LogP contribution in [-0.2, 0) is 16.0 Å². The van der Waals surface area contributed by atoms with Crippen molar-refractivity contribution in [1.29, 1.82) is 0 Å². The number of aryl methyl sites for hydroxylation is 2. The molecule has 1 aliphatic rings. The van der Waals surface area contributed by atoms with Crippen LogP contribution in [0.15, 0.2) is 18.2 Å². The Morgan fingerprint density at radius 2 is 2.07 bits per heavy atom. The van der Waals surface area contributed by atoms with Gasteiger partial charge in [0.25, 0.3) is 0 Å². The van der Waals surface area contributed by atoms with Crippen molar-refractivity contribution in [2.24, 2.45) is 0 Å². The number of carbonyl (C=O) groups excluding carboxylic acids is 1. The summed E-state index contributed by atoms with van der Waals surface area (Å²) in [6, 6.07) is 5.27. The average molecular weight is 405 g/mol. The van der Waals surface area contributed by atoms with Gasteiger partial charge in [0.15, 0.2) is 0 Å². The van der Waals surface area contributed by atoms with Crippen LogP contribution in [-0.4, -0.2) is 48.0 Å². The van der Waals surface area contributed by atoms with E-state index >= 15 is 0 Å². The summed E-state index contributed by atoms with van der Waals surface area (Å²) in [5, 5.41) is 0.689. The van der Waals surface area contributed by atoms with Crippen molar-refractivity contribution in [2.45, 2.75) is 65.0 Å². The summed E-state index contributed by atoms with van der Waals surface area (Å²) in [5.41, 5.74) is 2.52. The van der Waals surface area contributed by atoms with Crippen molar-refractivity contribution in [3.05, 3.63) is 35.3 Å². The number of aromatic nitrogens is 1. The normalized spacial score (nSPS) is 17.7. The summed E-state index contributed by atoms with van der Waals surface area (Å²) < 4.78 is 27.7. The van der Waals surface area contributed by atoms with E-state index in [1.54, 1.807) is 18.1 Å². The van der Waals surface area contributed by atoms with Crippen molar-refractivity contribution in [3.8, 4) is 0 Å². The van der Waals surface area contributed by atoms with Crippen molar-refractivity contribution in [3.63, 3.8) is 0 Å². The summed E-state index contributed by atoms with van der Waals surface area (Å²) in [5.74, 6) is -0.0304. The first-order valence-electron chi connectivity index (χ1n) is 10.5. The maximum absolute atomic E-state index is 14.7. The molecule has 0 saturated carbocycles. The Hall–Kier alpha value is -2.08. The molecule has 0 aliphatic carbocycles. The van der Waals surface area contributed by atoms with E-state index in [4.69, 9.17) is 9.47 Å². The summed E-state index contributed by atoms with van der Waals surface area (Å²) in [4.78, 5) is 14.4. The fourth-order valence-electron chi connectivity index (χ4n) is 4.40. The third-order valence-electron chi connectivity index (χ3n) is 5.52. The van der Waals surface area contributed by atoms with Crippen LogP contribution in [0.3, 0.4) is 0 Å². The molecule has 1 aromatic carbocycles. The molecule has 6 heteroatoms. The molecule has 1 aliphatic heterocycles. The van der Waals surface area contributed by atoms with E-state index in [2.05, 4.69) is 4.57 Å². The van der Waals surface area contributed by atoms with Gasteiger partial charge in [0.1, 0.15) is 11.4 Å². The Labute approximate surface area is 172 Å². The molecule has 0 radical (unpaired) electrons. The van der Waals surface area contributed by atoms with Gasteiger partial charge in [-0.3, -0.25) is 0 Å². The number of amides is 1. The Bertz CT molecular complexity index is 869. The third-order valence-corrected chi connectivity index (χ3v) is 5.52. The zero-order chi connectivity index (χ0) is 21.2. The number of halogens is 1. The highest BCUT2D eigenvalue weighted by molar-refractivity contribution is 5.86. The van der Waals surface area contributed by atoms with Gasteiger partial charge in [0.05, 0.1) is 5.52 Å². The zero-order valence-electron chi connectivity index (χ0n) is 18.3. The lowest BCUT2D eigenvalue weighted by atomic mass is 9.92. The first-order chi connectivity index (χ1) is 13.7. The Kier molecular flexibility index (Phi) is 6.52. The summed E-state index contributed by atoms with van der Waals surface area (Å²) in [6.45, 7) is 10.4. The molecule has 29 heavy (non-hydrogen) atoms. The van der Waals surface area contributed by atoms with Crippen LogP contribution in [0.1, 0.15) is 57.2 Å². The van der Waals surface area contributed by atoms with Crippen molar-refractivity contribution in [2.75, 3.05) is 26.8 Å². The van der Waals surface area contributed by atoms with Gasteiger partial charge in [0, 0.05) is 50.3 Å². The number of nitrogens with zero attached hydrogens (tertiary/aromatic N) is 2. The lowest BCUT2D eigenvalue weighted by molar-refractivity contribution is 0.0196. The van der Waals surface area contributed by atoms with Gasteiger partial charge in [0.2, 0.25) is 0 Å². The highest BCUT2D eigenvalue weighted by Gasteiger charge is 2.31. The molecule has 0 N–H and O–H groups in total. The number of benzene rings is 1. The fourth-order valence-corrected chi connectivity index (χ4v) is 4.40. The summed E-state index contributed by atoms with van der Waals surface area (Å²) >= 11 is 0. The minimum Gasteiger partial charge on any atom is -0.444 e. The molecule has 1 unspecified atom stereocenters. The minimum absolute atomic E-state index is 0.158. The Balaban J connectivity index is 1.95. The minimum atomic E-state index is -0.516. The molecular formula is C23H33FN2O3. The van der Waals surface area contributed by atoms with Crippen LogP contribution in [0.25, 0.3) is 10.9 Å². The van der Waals surface area contributed by atoms with Gasteiger partial charge >= 0.3 is 6.09 Å². The van der Waals surface area contributed by atoms with E-state index in [1.165, 1.54) is 6.07 Å². The Morgan fingerprint density at radius 1 is 1.31 bits per heavy atom. The molecule has 2 heterocycles. The first-order valence-corrected chi connectivity index (χ1v) is 10.5. The molecule has 3 rings (SSSR count). The number of rotatable bonds is 5. The number of methoxy groups -OCH3 is 1. The number of fused-ring (bicyclic) bond motifs is 1. The largest absolute Gasteiger partial charge is 0.444 e. The SMILES string of the molecule is COCCCn1c(C2CCCN(C(=O)OC(C)(C)C)C2)c(C)c2c(F)cccc21. The number of carbonyl (C=O) groups is 1. The van der Waals surface area contributed by atoms with Crippen LogP contribution in [0.4, 0.5) is 9.18 Å². The molecule has 1 atom stereocenters. The third kappa shape index (κ3) is 4.74. The zero-order valence-corrected chi connectivity index (χ0v) is 18.3. The van der Waals surface area contributed by atoms with Crippen LogP contribution < -0.4 is 0 Å². The van der Waals surface area contributed by atoms with Crippen LogP contribution in [0, 0.1) is 12.7 Å². The molecule has 0 spiro atoms. The quantitative estimate of drug-likeness (QED) is 0.640. The van der Waals surface area contributed by atoms with E-state index in [-0.39, 0.29) is 17.8 Å². The van der Waals surface area contributed by atoms with Gasteiger partial charge in [-0.05, 0) is 64.7 Å². The number of piperidine rings is 1. The highest BCUT2D eigenvalue weighted by Crippen LogP contribution is 2.37. The second-order valence-electron chi connectivity index (χ2n) is 8.91. The van der Waals surface area contributed by atoms with Gasteiger partial charge < -0.3 is 18.9 Å². The van der Waals surface area contributed by atoms with Crippen LogP contribution in [0.2, 0.25) is 0 Å². The van der Waals surface area contributed by atoms with Gasteiger partial charge in [-0.1, -0.05) is 6.07 Å². The molecule has 0 bridgehead atoms. The molecule has 1 fully saturated rings. The molecule has 5 nitrogen and oxygen atoms in total. The van der Waals surface area contributed by atoms with E-state index in [0.717, 1.165) is 42.6 Å². The first kappa shape index (κ1) is 21.6. The summed E-state index contributed by atoms with van der Waals surface area (Å²) in [6.07, 6.45) is 2.47. The second-order valence-corrected chi connectivity index (χ2v) is 8.91. The summed E-state index contributed by atoms with van der Waals surface area (Å²) in [7, 11) is 1.69. The van der Waals surface area contributed by atoms with Crippen molar-refractivity contribution < 1.29 is 18.7 Å². The average Bonchev–Trinajstić information content (AvgIpc) is 2.94. The number of hydrogen-bond acceptors (Lipinski definition) is 3. The maximum atomic E-state index is 14.7. The predicted octanol–water partition coefficient (Wildman–Crippen LogP) is 5.24. The van der Waals surface area contributed by atoms with E-state index in [1.807, 2.05) is 33.8 Å². The van der Waals surface area contributed by atoms with Gasteiger partial charge in [-0.25, -0.2) is 9.18 Å². The van der Waals surface area contributed by atoms with Crippen molar-refractivity contribution >= 4 is 17.0 Å². The van der Waals surface area contributed by atoms with Gasteiger partial charge in [-0.15, -0.1) is 0 Å². The molecule has 2 aromatic rings. The lowest BCUT2D eigenvalue weighted by Gasteiger charge is -2.35. The number of ether oxygens (including phenoxy) is 2. The van der Waals surface area contributed by atoms with Crippen molar-refractivity contribution in [1.82, 2.24) is 9.47 Å². The maximum Gasteiger partial charge on any atom is 0.410 e. The van der Waals surface area contributed by atoms with Gasteiger partial charge in [-0.2, -0.15) is 0 Å². The number of hydrogen-bond donors (Lipinski definition) is 0. The van der Waals surface area contributed by atoms with E-state index < -0.39 is 5.60 Å². The Morgan fingerprint density at radius 3 is 2.76 bits per heavy atom. The topological polar surface area (TPSA) is 43.7 Å². The molecular weight excluding hydrogens is 371 g/mol. The fraction of sp³-hybridized carbons (Fsp3) is 0.609. The number of likely N-dealkylation sites (tertiary alicyclic amines) is 1. The standard InChI is InChI=1S/C23H33FN2O3/c1-16-20-18(24)10-6-11-19(20)26(13-8-14-28-5)21(16)17-9-7-12-25(15-17)22(27)29-23(2,3)4/h6,10-11,17H,7-9,12-15H2,1-5H3. The molecule has 1 saturated heterocycles. The van der Waals surface area contributed by atoms with Crippen LogP contribution in [0.5, 0.6) is 0 Å². The predicted molar refractivity (Wildman–Crippen MR) is 113 cm³/mol. The second kappa shape index (κ2) is 8.74. The van der Waals surface area contributed by atoms with E-state index in [9.17, 15) is 9.18 Å². The molecule has 1 aromatic heterocycles. The van der Waals surface area contributed by atoms with E-state index in [0.29, 0.717) is 25.1 Å².